The van der Waals surface area contributed by atoms with Gasteiger partial charge in [-0.25, -0.2) is 4.98 Å². The first-order chi connectivity index (χ1) is 8.66. The van der Waals surface area contributed by atoms with E-state index in [4.69, 9.17) is 10.0 Å². The fourth-order valence-corrected chi connectivity index (χ4v) is 1.47. The van der Waals surface area contributed by atoms with Gasteiger partial charge in [0.2, 0.25) is 0 Å². The van der Waals surface area contributed by atoms with Crippen molar-refractivity contribution in [1.82, 2.24) is 4.98 Å². The number of hydrogen-bond acceptors (Lipinski definition) is 4. The number of carbonyl (C=O) groups excluding carboxylic acids is 1. The summed E-state index contributed by atoms with van der Waals surface area (Å²) in [6.45, 7) is 0. The van der Waals surface area contributed by atoms with E-state index in [-0.39, 0.29) is 11.4 Å². The molecule has 5 nitrogen and oxygen atoms in total. The van der Waals surface area contributed by atoms with Crippen molar-refractivity contribution in [1.29, 1.82) is 0 Å². The van der Waals surface area contributed by atoms with Gasteiger partial charge in [-0.15, -0.1) is 0 Å². The van der Waals surface area contributed by atoms with Crippen molar-refractivity contribution in [2.45, 2.75) is 0 Å². The molecule has 1 aromatic heterocycles. The van der Waals surface area contributed by atoms with Gasteiger partial charge in [0.05, 0.1) is 0 Å². The molecule has 0 aliphatic heterocycles. The highest BCUT2D eigenvalue weighted by atomic mass is 16.4. The maximum Gasteiger partial charge on any atom is 0.488 e. The number of aromatic nitrogens is 1. The standard InChI is InChI=1S/C12H11BN2O3/c16-12(15-11-6-1-2-7-14-11)9-4-3-5-10(8-9)13(17)18/h1-8,17-18H,(H,14,15,16). The predicted octanol–water partition coefficient (Wildman–Crippen LogP) is 0.0137. The normalized spacial score (nSPS) is 9.89. The Hall–Kier alpha value is -2.18. The van der Waals surface area contributed by atoms with Gasteiger partial charge in [-0.1, -0.05) is 18.2 Å². The molecule has 0 bridgehead atoms. The van der Waals surface area contributed by atoms with E-state index in [9.17, 15) is 4.79 Å². The van der Waals surface area contributed by atoms with E-state index in [1.165, 1.54) is 12.1 Å². The average molecular weight is 242 g/mol. The molecule has 2 aromatic rings. The van der Waals surface area contributed by atoms with Crippen molar-refractivity contribution in [2.75, 3.05) is 5.32 Å². The number of benzene rings is 1. The molecule has 0 unspecified atom stereocenters. The summed E-state index contributed by atoms with van der Waals surface area (Å²) < 4.78 is 0. The van der Waals surface area contributed by atoms with Gasteiger partial charge >= 0.3 is 7.12 Å². The highest BCUT2D eigenvalue weighted by Gasteiger charge is 2.13. The second-order valence-electron chi connectivity index (χ2n) is 3.67. The molecule has 1 aromatic carbocycles. The summed E-state index contributed by atoms with van der Waals surface area (Å²) in [6, 6.07) is 11.3. The number of hydrogen-bond donors (Lipinski definition) is 3. The molecule has 0 aliphatic carbocycles. The molecule has 3 N–H and O–H groups in total. The van der Waals surface area contributed by atoms with Crippen LogP contribution in [0.4, 0.5) is 5.82 Å². The number of nitrogens with zero attached hydrogens (tertiary/aromatic N) is 1. The molecule has 1 heterocycles. The Kier molecular flexibility index (Phi) is 3.71. The van der Waals surface area contributed by atoms with Crippen LogP contribution in [0.3, 0.4) is 0 Å². The molecule has 90 valence electrons. The predicted molar refractivity (Wildman–Crippen MR) is 68.5 cm³/mol. The van der Waals surface area contributed by atoms with Gasteiger partial charge in [0, 0.05) is 11.8 Å². The fraction of sp³-hybridized carbons (Fsp3) is 0. The SMILES string of the molecule is O=C(Nc1ccccn1)c1cccc(B(O)O)c1. The van der Waals surface area contributed by atoms with Gasteiger partial charge in [0.1, 0.15) is 5.82 Å². The lowest BCUT2D eigenvalue weighted by molar-refractivity contribution is 0.102. The topological polar surface area (TPSA) is 82.5 Å². The Balaban J connectivity index is 2.16. The molecule has 6 heteroatoms. The molecule has 1 amide bonds. The zero-order valence-electron chi connectivity index (χ0n) is 9.45. The van der Waals surface area contributed by atoms with E-state index in [2.05, 4.69) is 10.3 Å². The van der Waals surface area contributed by atoms with Crippen molar-refractivity contribution >= 4 is 24.3 Å². The molecule has 0 radical (unpaired) electrons. The number of amides is 1. The number of carbonyl (C=O) groups is 1. The zero-order chi connectivity index (χ0) is 13.0. The molecule has 2 rings (SSSR count). The van der Waals surface area contributed by atoms with Crippen molar-refractivity contribution < 1.29 is 14.8 Å². The van der Waals surface area contributed by atoms with Crippen LogP contribution in [-0.2, 0) is 0 Å². The first-order valence-corrected chi connectivity index (χ1v) is 5.35. The number of rotatable bonds is 3. The summed E-state index contributed by atoms with van der Waals surface area (Å²) in [5.74, 6) is 0.0913. The van der Waals surface area contributed by atoms with E-state index < -0.39 is 7.12 Å². The largest absolute Gasteiger partial charge is 0.488 e. The highest BCUT2D eigenvalue weighted by Crippen LogP contribution is 2.04. The molecular formula is C12H11BN2O3. The Morgan fingerprint density at radius 2 is 2.00 bits per heavy atom. The van der Waals surface area contributed by atoms with E-state index in [0.717, 1.165) is 0 Å². The summed E-state index contributed by atoms with van der Waals surface area (Å²) in [6.07, 6.45) is 1.57. The zero-order valence-corrected chi connectivity index (χ0v) is 9.45. The average Bonchev–Trinajstić information content (AvgIpc) is 2.40. The molecule has 18 heavy (non-hydrogen) atoms. The summed E-state index contributed by atoms with van der Waals surface area (Å²) in [5, 5.41) is 20.7. The lowest BCUT2D eigenvalue weighted by Gasteiger charge is -2.05. The Morgan fingerprint density at radius 3 is 2.67 bits per heavy atom. The van der Waals surface area contributed by atoms with Crippen LogP contribution in [0.15, 0.2) is 48.7 Å². The lowest BCUT2D eigenvalue weighted by atomic mass is 9.79. The third-order valence-electron chi connectivity index (χ3n) is 2.35. The van der Waals surface area contributed by atoms with Crippen LogP contribution in [0.2, 0.25) is 0 Å². The van der Waals surface area contributed by atoms with Gasteiger partial charge in [-0.2, -0.15) is 0 Å². The minimum absolute atomic E-state index is 0.267. The van der Waals surface area contributed by atoms with Crippen molar-refractivity contribution in [3.8, 4) is 0 Å². The molecule has 0 atom stereocenters. The second kappa shape index (κ2) is 5.44. The Bertz CT molecular complexity index is 546. The molecule has 0 spiro atoms. The van der Waals surface area contributed by atoms with E-state index in [0.29, 0.717) is 11.4 Å². The van der Waals surface area contributed by atoms with Crippen LogP contribution < -0.4 is 10.8 Å². The second-order valence-corrected chi connectivity index (χ2v) is 3.67. The maximum absolute atomic E-state index is 11.9. The van der Waals surface area contributed by atoms with Gasteiger partial charge in [-0.05, 0) is 29.7 Å². The lowest BCUT2D eigenvalue weighted by Crippen LogP contribution is -2.30. The number of anilines is 1. The minimum Gasteiger partial charge on any atom is -0.423 e. The van der Waals surface area contributed by atoms with E-state index >= 15 is 0 Å². The van der Waals surface area contributed by atoms with Crippen molar-refractivity contribution in [2.24, 2.45) is 0 Å². The van der Waals surface area contributed by atoms with Crippen molar-refractivity contribution in [3.05, 3.63) is 54.2 Å². The quantitative estimate of drug-likeness (QED) is 0.662. The first-order valence-electron chi connectivity index (χ1n) is 5.35. The minimum atomic E-state index is -1.59. The van der Waals surface area contributed by atoms with Crippen LogP contribution in [0, 0.1) is 0 Å². The highest BCUT2D eigenvalue weighted by molar-refractivity contribution is 6.58. The van der Waals surface area contributed by atoms with E-state index in [1.807, 2.05) is 0 Å². The van der Waals surface area contributed by atoms with Gasteiger partial charge in [0.25, 0.3) is 5.91 Å². The van der Waals surface area contributed by atoms with Crippen LogP contribution in [0.1, 0.15) is 10.4 Å². The van der Waals surface area contributed by atoms with Crippen molar-refractivity contribution in [3.63, 3.8) is 0 Å². The summed E-state index contributed by atoms with van der Waals surface area (Å²) in [5.41, 5.74) is 0.606. The van der Waals surface area contributed by atoms with Gasteiger partial charge < -0.3 is 15.4 Å². The smallest absolute Gasteiger partial charge is 0.423 e. The molecule has 0 fully saturated rings. The Labute approximate surface area is 104 Å². The number of pyridine rings is 1. The maximum atomic E-state index is 11.9. The van der Waals surface area contributed by atoms with Gasteiger partial charge in [0.15, 0.2) is 0 Å². The summed E-state index contributed by atoms with van der Waals surface area (Å²) >= 11 is 0. The molecule has 0 aliphatic rings. The molecule has 0 saturated carbocycles. The summed E-state index contributed by atoms with van der Waals surface area (Å²) in [7, 11) is -1.59. The van der Waals surface area contributed by atoms with Crippen LogP contribution in [-0.4, -0.2) is 28.1 Å². The third kappa shape index (κ3) is 2.94. The molecular weight excluding hydrogens is 231 g/mol. The first kappa shape index (κ1) is 12.3. The fourth-order valence-electron chi connectivity index (χ4n) is 1.47. The van der Waals surface area contributed by atoms with Crippen LogP contribution >= 0.6 is 0 Å². The van der Waals surface area contributed by atoms with Crippen LogP contribution in [0.25, 0.3) is 0 Å². The van der Waals surface area contributed by atoms with Crippen LogP contribution in [0.5, 0.6) is 0 Å². The third-order valence-corrected chi connectivity index (χ3v) is 2.35. The van der Waals surface area contributed by atoms with Gasteiger partial charge in [-0.3, -0.25) is 4.79 Å². The molecule has 0 saturated heterocycles. The summed E-state index contributed by atoms with van der Waals surface area (Å²) in [4.78, 5) is 15.8. The number of nitrogens with one attached hydrogen (secondary N) is 1. The van der Waals surface area contributed by atoms with E-state index in [1.54, 1.807) is 36.5 Å². The monoisotopic (exact) mass is 242 g/mol. The Morgan fingerprint density at radius 1 is 1.17 bits per heavy atom.